The van der Waals surface area contributed by atoms with E-state index in [9.17, 15) is 18.0 Å². The van der Waals surface area contributed by atoms with Crippen molar-refractivity contribution in [1.82, 2.24) is 20.0 Å². The number of rotatable bonds is 13. The zero-order valence-electron chi connectivity index (χ0n) is 24.0. The third-order valence-electron chi connectivity index (χ3n) is 7.64. The van der Waals surface area contributed by atoms with Crippen molar-refractivity contribution < 1.29 is 18.0 Å². The van der Waals surface area contributed by atoms with Crippen LogP contribution in [0.2, 0.25) is 0 Å². The predicted molar refractivity (Wildman–Crippen MR) is 159 cm³/mol. The molecule has 8 heteroatoms. The minimum absolute atomic E-state index is 0.00960. The number of nitrogens with zero attached hydrogens (tertiary/aromatic N) is 3. The Morgan fingerprint density at radius 3 is 2.44 bits per heavy atom. The largest absolute Gasteiger partial charge is 0.416 e. The molecule has 0 spiro atoms. The molecule has 1 heterocycles. The lowest BCUT2D eigenvalue weighted by Crippen LogP contribution is -2.33. The Hall–Kier alpha value is -3.65. The van der Waals surface area contributed by atoms with Crippen LogP contribution in [0.1, 0.15) is 57.7 Å². The van der Waals surface area contributed by atoms with Gasteiger partial charge in [-0.3, -0.25) is 4.79 Å². The second kappa shape index (κ2) is 13.8. The van der Waals surface area contributed by atoms with Gasteiger partial charge in [0.1, 0.15) is 0 Å². The molecule has 1 aromatic heterocycles. The van der Waals surface area contributed by atoms with Gasteiger partial charge >= 0.3 is 6.18 Å². The first kappa shape index (κ1) is 30.3. The van der Waals surface area contributed by atoms with E-state index in [1.165, 1.54) is 6.07 Å². The number of hydrogen-bond donors (Lipinski definition) is 1. The van der Waals surface area contributed by atoms with Crippen molar-refractivity contribution in [3.63, 3.8) is 0 Å². The van der Waals surface area contributed by atoms with Gasteiger partial charge in [0.2, 0.25) is 5.91 Å². The summed E-state index contributed by atoms with van der Waals surface area (Å²) in [5, 5.41) is 9.89. The Morgan fingerprint density at radius 1 is 0.951 bits per heavy atom. The number of nitrogens with one attached hydrogen (secondary N) is 1. The van der Waals surface area contributed by atoms with E-state index in [0.717, 1.165) is 60.2 Å². The molecule has 0 aliphatic heterocycles. The molecule has 0 aliphatic carbocycles. The molecule has 3 aromatic carbocycles. The lowest BCUT2D eigenvalue weighted by atomic mass is 10.1. The molecule has 0 aliphatic rings. The maximum atomic E-state index is 13.4. The standard InChI is InChI=1S/C33H39F3N4O/c1-4-39(5-2)24(3)11-10-20-37-32(41)17-9-16-29-23-31(27-14-8-15-28(21-27)33(34,35)36)38-40(29)30-19-18-25-12-6-7-13-26(25)22-30/h6-8,12-15,18-19,21-24H,4-5,9-11,16-17,20H2,1-3H3,(H,37,41). The molecule has 1 atom stereocenters. The minimum atomic E-state index is -4.43. The average Bonchev–Trinajstić information content (AvgIpc) is 3.39. The first-order chi connectivity index (χ1) is 19.7. The second-order valence-corrected chi connectivity index (χ2v) is 10.5. The molecule has 5 nitrogen and oxygen atoms in total. The summed E-state index contributed by atoms with van der Waals surface area (Å²) in [6.45, 7) is 9.25. The van der Waals surface area contributed by atoms with Crippen molar-refractivity contribution in [3.8, 4) is 16.9 Å². The molecule has 0 saturated heterocycles. The van der Waals surface area contributed by atoms with Gasteiger partial charge < -0.3 is 10.2 Å². The Balaban J connectivity index is 1.46. The van der Waals surface area contributed by atoms with Gasteiger partial charge in [-0.05, 0) is 86.8 Å². The van der Waals surface area contributed by atoms with Crippen LogP contribution in [0.4, 0.5) is 13.2 Å². The summed E-state index contributed by atoms with van der Waals surface area (Å²) in [4.78, 5) is 14.9. The van der Waals surface area contributed by atoms with Gasteiger partial charge in [-0.1, -0.05) is 56.3 Å². The zero-order valence-corrected chi connectivity index (χ0v) is 24.0. The van der Waals surface area contributed by atoms with Crippen LogP contribution >= 0.6 is 0 Å². The summed E-state index contributed by atoms with van der Waals surface area (Å²) in [6, 6.07) is 21.5. The number of fused-ring (bicyclic) bond motifs is 1. The van der Waals surface area contributed by atoms with Gasteiger partial charge in [0.05, 0.1) is 16.9 Å². The molecule has 0 saturated carbocycles. The van der Waals surface area contributed by atoms with Crippen molar-refractivity contribution in [1.29, 1.82) is 0 Å². The van der Waals surface area contributed by atoms with E-state index < -0.39 is 11.7 Å². The van der Waals surface area contributed by atoms with Crippen molar-refractivity contribution in [2.45, 2.75) is 65.1 Å². The Bertz CT molecular complexity index is 1440. The van der Waals surface area contributed by atoms with Crippen LogP contribution in [-0.2, 0) is 17.4 Å². The fraction of sp³-hybridized carbons (Fsp3) is 0.394. The van der Waals surface area contributed by atoms with Crippen LogP contribution in [0.5, 0.6) is 0 Å². The maximum absolute atomic E-state index is 13.4. The van der Waals surface area contributed by atoms with E-state index in [2.05, 4.69) is 31.0 Å². The quantitative estimate of drug-likeness (QED) is 0.170. The fourth-order valence-electron chi connectivity index (χ4n) is 5.30. The number of benzene rings is 3. The normalized spacial score (nSPS) is 12.7. The zero-order chi connectivity index (χ0) is 29.4. The van der Waals surface area contributed by atoms with E-state index in [1.807, 2.05) is 48.5 Å². The molecule has 1 N–H and O–H groups in total. The SMILES string of the molecule is CCN(CC)C(C)CCCNC(=O)CCCc1cc(-c2cccc(C(F)(F)F)c2)nn1-c1ccc2ccccc2c1. The monoisotopic (exact) mass is 564 g/mol. The molecule has 4 rings (SSSR count). The number of amides is 1. The van der Waals surface area contributed by atoms with E-state index in [1.54, 1.807) is 10.7 Å². The second-order valence-electron chi connectivity index (χ2n) is 10.5. The first-order valence-corrected chi connectivity index (χ1v) is 14.5. The van der Waals surface area contributed by atoms with Crippen LogP contribution < -0.4 is 5.32 Å². The Kier molecular flexibility index (Phi) is 10.2. The van der Waals surface area contributed by atoms with E-state index >= 15 is 0 Å². The molecule has 0 bridgehead atoms. The van der Waals surface area contributed by atoms with Gasteiger partial charge in [-0.25, -0.2) is 4.68 Å². The molecule has 1 unspecified atom stereocenters. The first-order valence-electron chi connectivity index (χ1n) is 14.5. The molecule has 41 heavy (non-hydrogen) atoms. The number of aromatic nitrogens is 2. The van der Waals surface area contributed by atoms with Crippen molar-refractivity contribution in [2.75, 3.05) is 19.6 Å². The average molecular weight is 565 g/mol. The third kappa shape index (κ3) is 7.97. The third-order valence-corrected chi connectivity index (χ3v) is 7.64. The number of halogens is 3. The molecule has 4 aromatic rings. The topological polar surface area (TPSA) is 50.2 Å². The number of aryl methyl sites for hydroxylation is 1. The number of carbonyl (C=O) groups excluding carboxylic acids is 1. The summed E-state index contributed by atoms with van der Waals surface area (Å²) in [7, 11) is 0. The van der Waals surface area contributed by atoms with Crippen LogP contribution in [0.3, 0.4) is 0 Å². The highest BCUT2D eigenvalue weighted by Crippen LogP contribution is 2.32. The summed E-state index contributed by atoms with van der Waals surface area (Å²) in [6.07, 6.45) is -0.943. The minimum Gasteiger partial charge on any atom is -0.356 e. The van der Waals surface area contributed by atoms with Gasteiger partial charge in [0.25, 0.3) is 0 Å². The van der Waals surface area contributed by atoms with Gasteiger partial charge in [0, 0.05) is 30.3 Å². The highest BCUT2D eigenvalue weighted by Gasteiger charge is 2.30. The molecule has 0 fully saturated rings. The Labute approximate surface area is 240 Å². The predicted octanol–water partition coefficient (Wildman–Crippen LogP) is 7.66. The van der Waals surface area contributed by atoms with E-state index in [-0.39, 0.29) is 5.91 Å². The van der Waals surface area contributed by atoms with E-state index in [4.69, 9.17) is 5.10 Å². The van der Waals surface area contributed by atoms with Crippen LogP contribution in [0, 0.1) is 0 Å². The van der Waals surface area contributed by atoms with Crippen LogP contribution in [-0.4, -0.2) is 46.3 Å². The summed E-state index contributed by atoms with van der Waals surface area (Å²) in [5.74, 6) is 0.00960. The van der Waals surface area contributed by atoms with Crippen molar-refractivity contribution in [2.24, 2.45) is 0 Å². The molecular formula is C33H39F3N4O. The molecule has 1 amide bonds. The summed E-state index contributed by atoms with van der Waals surface area (Å²) < 4.78 is 41.9. The highest BCUT2D eigenvalue weighted by atomic mass is 19.4. The maximum Gasteiger partial charge on any atom is 0.416 e. The molecule has 0 radical (unpaired) electrons. The fourth-order valence-corrected chi connectivity index (χ4v) is 5.30. The van der Waals surface area contributed by atoms with Crippen LogP contribution in [0.15, 0.2) is 72.8 Å². The summed E-state index contributed by atoms with van der Waals surface area (Å²) in [5.41, 5.74) is 1.82. The smallest absolute Gasteiger partial charge is 0.356 e. The van der Waals surface area contributed by atoms with Gasteiger partial charge in [-0.2, -0.15) is 18.3 Å². The van der Waals surface area contributed by atoms with E-state index in [0.29, 0.717) is 43.1 Å². The Morgan fingerprint density at radius 2 is 1.71 bits per heavy atom. The van der Waals surface area contributed by atoms with Gasteiger partial charge in [0.15, 0.2) is 0 Å². The van der Waals surface area contributed by atoms with Gasteiger partial charge in [-0.15, -0.1) is 0 Å². The molecular weight excluding hydrogens is 525 g/mol. The molecule has 218 valence electrons. The van der Waals surface area contributed by atoms with Crippen molar-refractivity contribution in [3.05, 3.63) is 84.1 Å². The van der Waals surface area contributed by atoms with Crippen LogP contribution in [0.25, 0.3) is 27.7 Å². The highest BCUT2D eigenvalue weighted by molar-refractivity contribution is 5.84. The lowest BCUT2D eigenvalue weighted by Gasteiger charge is -2.26. The number of carbonyl (C=O) groups is 1. The number of hydrogen-bond acceptors (Lipinski definition) is 3. The van der Waals surface area contributed by atoms with Crippen molar-refractivity contribution >= 4 is 16.7 Å². The number of alkyl halides is 3. The summed E-state index contributed by atoms with van der Waals surface area (Å²) >= 11 is 0. The lowest BCUT2D eigenvalue weighted by molar-refractivity contribution is -0.137.